The predicted octanol–water partition coefficient (Wildman–Crippen LogP) is 1.91. The summed E-state index contributed by atoms with van der Waals surface area (Å²) < 4.78 is 1.73. The molecule has 1 rings (SSSR count). The molecule has 3 N–H and O–H groups in total. The first kappa shape index (κ1) is 14.0. The second kappa shape index (κ2) is 4.66. The number of aryl methyl sites for hydroxylation is 1. The van der Waals surface area contributed by atoms with E-state index in [1.54, 1.807) is 4.68 Å². The van der Waals surface area contributed by atoms with E-state index >= 15 is 0 Å². The van der Waals surface area contributed by atoms with Crippen molar-refractivity contribution in [1.82, 2.24) is 9.78 Å². The molecular formula is C11H18ClN3O2. The molecule has 2 unspecified atom stereocenters. The van der Waals surface area contributed by atoms with Crippen molar-refractivity contribution in [2.24, 2.45) is 5.73 Å². The zero-order valence-corrected chi connectivity index (χ0v) is 11.2. The van der Waals surface area contributed by atoms with Crippen molar-refractivity contribution in [2.45, 2.75) is 45.7 Å². The molecule has 96 valence electrons. The average Bonchev–Trinajstić information content (AvgIpc) is 2.45. The molecule has 0 saturated heterocycles. The molecule has 0 radical (unpaired) electrons. The lowest BCUT2D eigenvalue weighted by Gasteiger charge is -2.24. The molecule has 2 atom stereocenters. The zero-order chi connectivity index (χ0) is 13.4. The van der Waals surface area contributed by atoms with Crippen LogP contribution in [0.15, 0.2) is 0 Å². The first-order valence-corrected chi connectivity index (χ1v) is 5.78. The summed E-state index contributed by atoms with van der Waals surface area (Å²) in [6, 6.07) is -0.118. The van der Waals surface area contributed by atoms with Crippen LogP contribution >= 0.6 is 11.6 Å². The van der Waals surface area contributed by atoms with Crippen LogP contribution in [0.5, 0.6) is 0 Å². The largest absolute Gasteiger partial charge is 0.480 e. The Morgan fingerprint density at radius 3 is 2.53 bits per heavy atom. The van der Waals surface area contributed by atoms with Crippen LogP contribution in [-0.2, 0) is 4.79 Å². The fourth-order valence-corrected chi connectivity index (χ4v) is 1.98. The van der Waals surface area contributed by atoms with E-state index in [0.717, 1.165) is 11.4 Å². The van der Waals surface area contributed by atoms with Gasteiger partial charge in [0, 0.05) is 0 Å². The average molecular weight is 260 g/mol. The van der Waals surface area contributed by atoms with Crippen LogP contribution in [-0.4, -0.2) is 26.4 Å². The van der Waals surface area contributed by atoms with E-state index in [0.29, 0.717) is 11.4 Å². The van der Waals surface area contributed by atoms with Crippen LogP contribution in [0.4, 0.5) is 0 Å². The molecule has 0 aliphatic rings. The molecule has 0 spiro atoms. The number of rotatable bonds is 4. The van der Waals surface area contributed by atoms with Gasteiger partial charge in [-0.3, -0.25) is 9.48 Å². The maximum atomic E-state index is 11.0. The SMILES string of the molecule is Cc1nn(C(C)CC(C)(N)C(=O)O)c(C)c1Cl. The summed E-state index contributed by atoms with van der Waals surface area (Å²) in [6.07, 6.45) is 0.292. The van der Waals surface area contributed by atoms with E-state index < -0.39 is 11.5 Å². The number of nitrogens with zero attached hydrogens (tertiary/aromatic N) is 2. The third kappa shape index (κ3) is 2.79. The van der Waals surface area contributed by atoms with E-state index in [9.17, 15) is 4.79 Å². The van der Waals surface area contributed by atoms with Crippen LogP contribution in [0.2, 0.25) is 5.02 Å². The number of carboxylic acids is 1. The van der Waals surface area contributed by atoms with Gasteiger partial charge in [0.05, 0.1) is 22.5 Å². The van der Waals surface area contributed by atoms with E-state index in [1.807, 2.05) is 20.8 Å². The Kier molecular flexibility index (Phi) is 3.84. The van der Waals surface area contributed by atoms with Gasteiger partial charge in [-0.15, -0.1) is 0 Å². The van der Waals surface area contributed by atoms with Gasteiger partial charge in [-0.1, -0.05) is 11.6 Å². The molecule has 0 aliphatic heterocycles. The number of nitrogens with two attached hydrogens (primary N) is 1. The summed E-state index contributed by atoms with van der Waals surface area (Å²) in [4.78, 5) is 11.0. The smallest absolute Gasteiger partial charge is 0.323 e. The Hall–Kier alpha value is -1.07. The summed E-state index contributed by atoms with van der Waals surface area (Å²) in [7, 11) is 0. The molecule has 0 saturated carbocycles. The van der Waals surface area contributed by atoms with Gasteiger partial charge < -0.3 is 10.8 Å². The van der Waals surface area contributed by atoms with Crippen molar-refractivity contribution in [2.75, 3.05) is 0 Å². The van der Waals surface area contributed by atoms with Crippen molar-refractivity contribution in [3.63, 3.8) is 0 Å². The lowest BCUT2D eigenvalue weighted by atomic mass is 9.95. The van der Waals surface area contributed by atoms with Crippen LogP contribution in [0.1, 0.15) is 37.7 Å². The van der Waals surface area contributed by atoms with Gasteiger partial charge in [0.2, 0.25) is 0 Å². The van der Waals surface area contributed by atoms with Crippen LogP contribution in [0, 0.1) is 13.8 Å². The summed E-state index contributed by atoms with van der Waals surface area (Å²) in [6.45, 7) is 7.05. The molecule has 0 fully saturated rings. The molecule has 0 bridgehead atoms. The van der Waals surface area contributed by atoms with Crippen LogP contribution < -0.4 is 5.73 Å². The highest BCUT2D eigenvalue weighted by molar-refractivity contribution is 6.31. The second-order valence-electron chi connectivity index (χ2n) is 4.71. The number of aliphatic carboxylic acids is 1. The number of aromatic nitrogens is 2. The molecule has 1 aromatic rings. The summed E-state index contributed by atoms with van der Waals surface area (Å²) in [5.41, 5.74) is 6.03. The van der Waals surface area contributed by atoms with Gasteiger partial charge in [-0.05, 0) is 34.1 Å². The fourth-order valence-electron chi connectivity index (χ4n) is 1.86. The van der Waals surface area contributed by atoms with Gasteiger partial charge in [-0.25, -0.2) is 0 Å². The van der Waals surface area contributed by atoms with Crippen molar-refractivity contribution in [3.05, 3.63) is 16.4 Å². The number of hydrogen-bond acceptors (Lipinski definition) is 3. The quantitative estimate of drug-likeness (QED) is 0.865. The van der Waals surface area contributed by atoms with E-state index in [1.165, 1.54) is 6.92 Å². The van der Waals surface area contributed by atoms with E-state index in [-0.39, 0.29) is 6.04 Å². The number of halogens is 1. The molecule has 6 heteroatoms. The minimum absolute atomic E-state index is 0.118. The first-order valence-electron chi connectivity index (χ1n) is 5.40. The van der Waals surface area contributed by atoms with Crippen molar-refractivity contribution >= 4 is 17.6 Å². The summed E-state index contributed by atoms with van der Waals surface area (Å²) in [5.74, 6) is -1.02. The summed E-state index contributed by atoms with van der Waals surface area (Å²) >= 11 is 6.05. The van der Waals surface area contributed by atoms with E-state index in [4.69, 9.17) is 22.4 Å². The molecule has 0 amide bonds. The Morgan fingerprint density at radius 1 is 1.65 bits per heavy atom. The minimum atomic E-state index is -1.27. The van der Waals surface area contributed by atoms with Gasteiger partial charge in [0.15, 0.2) is 0 Å². The first-order chi connectivity index (χ1) is 7.66. The Labute approximate surface area is 106 Å². The standard InChI is InChI=1S/C11H18ClN3O2/c1-6(5-11(4,13)10(16)17)15-8(3)9(12)7(2)14-15/h6H,5,13H2,1-4H3,(H,16,17). The predicted molar refractivity (Wildman–Crippen MR) is 66.3 cm³/mol. The lowest BCUT2D eigenvalue weighted by Crippen LogP contribution is -2.46. The fraction of sp³-hybridized carbons (Fsp3) is 0.636. The second-order valence-corrected chi connectivity index (χ2v) is 5.08. The van der Waals surface area contributed by atoms with Gasteiger partial charge >= 0.3 is 5.97 Å². The van der Waals surface area contributed by atoms with Crippen molar-refractivity contribution in [3.8, 4) is 0 Å². The molecule has 1 heterocycles. The third-order valence-corrected chi connectivity index (χ3v) is 3.41. The monoisotopic (exact) mass is 259 g/mol. The minimum Gasteiger partial charge on any atom is -0.480 e. The van der Waals surface area contributed by atoms with Crippen LogP contribution in [0.3, 0.4) is 0 Å². The molecule has 5 nitrogen and oxygen atoms in total. The van der Waals surface area contributed by atoms with Gasteiger partial charge in [-0.2, -0.15) is 5.10 Å². The highest BCUT2D eigenvalue weighted by atomic mass is 35.5. The van der Waals surface area contributed by atoms with Gasteiger partial charge in [0.25, 0.3) is 0 Å². The molecular weight excluding hydrogens is 242 g/mol. The van der Waals surface area contributed by atoms with Gasteiger partial charge in [0.1, 0.15) is 5.54 Å². The topological polar surface area (TPSA) is 81.1 Å². The maximum absolute atomic E-state index is 11.0. The lowest BCUT2D eigenvalue weighted by molar-refractivity contribution is -0.143. The Morgan fingerprint density at radius 2 is 2.18 bits per heavy atom. The Balaban J connectivity index is 2.94. The highest BCUT2D eigenvalue weighted by Gasteiger charge is 2.31. The molecule has 17 heavy (non-hydrogen) atoms. The number of carboxylic acid groups (broad SMARTS) is 1. The third-order valence-electron chi connectivity index (χ3n) is 2.86. The van der Waals surface area contributed by atoms with Crippen LogP contribution in [0.25, 0.3) is 0 Å². The number of hydrogen-bond donors (Lipinski definition) is 2. The highest BCUT2D eigenvalue weighted by Crippen LogP contribution is 2.26. The Bertz CT molecular complexity index is 440. The van der Waals surface area contributed by atoms with E-state index in [2.05, 4.69) is 5.10 Å². The summed E-state index contributed by atoms with van der Waals surface area (Å²) in [5, 5.41) is 13.9. The maximum Gasteiger partial charge on any atom is 0.323 e. The molecule has 0 aromatic carbocycles. The molecule has 0 aliphatic carbocycles. The normalized spacial score (nSPS) is 16.6. The van der Waals surface area contributed by atoms with Crippen molar-refractivity contribution in [1.29, 1.82) is 0 Å². The zero-order valence-electron chi connectivity index (χ0n) is 10.5. The van der Waals surface area contributed by atoms with Crippen molar-refractivity contribution < 1.29 is 9.90 Å². The molecule has 1 aromatic heterocycles. The number of carbonyl (C=O) groups is 1.